The lowest BCUT2D eigenvalue weighted by Gasteiger charge is -2.57. The van der Waals surface area contributed by atoms with Crippen LogP contribution in [0, 0.1) is 0 Å². The van der Waals surface area contributed by atoms with Gasteiger partial charge in [0.25, 0.3) is 0 Å². The van der Waals surface area contributed by atoms with Crippen molar-refractivity contribution < 1.29 is 29.3 Å². The van der Waals surface area contributed by atoms with Crippen LogP contribution >= 0.6 is 0 Å². The van der Waals surface area contributed by atoms with Crippen LogP contribution < -0.4 is 0 Å². The predicted molar refractivity (Wildman–Crippen MR) is 212 cm³/mol. The van der Waals surface area contributed by atoms with Crippen molar-refractivity contribution in [2.75, 3.05) is 6.61 Å². The summed E-state index contributed by atoms with van der Waals surface area (Å²) in [6.45, 7) is 35.9. The molecule has 1 atom stereocenters. The molecule has 0 saturated carbocycles. The molecule has 1 unspecified atom stereocenters. The highest BCUT2D eigenvalue weighted by molar-refractivity contribution is 5.70. The Labute approximate surface area is 315 Å². The van der Waals surface area contributed by atoms with Crippen LogP contribution in [-0.4, -0.2) is 50.8 Å². The summed E-state index contributed by atoms with van der Waals surface area (Å²) < 4.78 is 12.2. The van der Waals surface area contributed by atoms with Gasteiger partial charge in [0.05, 0.1) is 6.04 Å². The lowest BCUT2D eigenvalue weighted by molar-refractivity contribution is -0.169. The lowest BCUT2D eigenvalue weighted by atomic mass is 9.74. The highest BCUT2D eigenvalue weighted by Crippen LogP contribution is 2.48. The summed E-state index contributed by atoms with van der Waals surface area (Å²) >= 11 is 0. The summed E-state index contributed by atoms with van der Waals surface area (Å²) in [7, 11) is 0. The van der Waals surface area contributed by atoms with Crippen molar-refractivity contribution >= 4 is 11.9 Å². The maximum Gasteiger partial charge on any atom is 0.306 e. The molecule has 2 aromatic carbocycles. The fraction of sp³-hybridized carbons (Fsp3) is 0.689. The molecule has 2 aromatic rings. The van der Waals surface area contributed by atoms with Gasteiger partial charge in [-0.25, -0.2) is 0 Å². The number of likely N-dealkylation sites (tertiary alicyclic amines) is 1. The Kier molecular flexibility index (Phi) is 12.5. The smallest absolute Gasteiger partial charge is 0.306 e. The molecule has 292 valence electrons. The molecular weight excluding hydrogens is 650 g/mol. The summed E-state index contributed by atoms with van der Waals surface area (Å²) in [5.74, 6) is 0.160. The van der Waals surface area contributed by atoms with E-state index in [1.807, 2.05) is 12.1 Å². The maximum absolute atomic E-state index is 13.5. The molecule has 0 aromatic heterocycles. The van der Waals surface area contributed by atoms with Gasteiger partial charge in [-0.2, -0.15) is 0 Å². The van der Waals surface area contributed by atoms with E-state index >= 15 is 0 Å². The van der Waals surface area contributed by atoms with Crippen LogP contribution in [0.4, 0.5) is 0 Å². The van der Waals surface area contributed by atoms with Crippen LogP contribution in [0.15, 0.2) is 24.3 Å². The highest BCUT2D eigenvalue weighted by Gasteiger charge is 2.50. The molecule has 0 radical (unpaired) electrons. The number of carbonyl (C=O) groups excluding carboxylic acids is 2. The van der Waals surface area contributed by atoms with E-state index < -0.39 is 11.1 Å². The van der Waals surface area contributed by atoms with Gasteiger partial charge in [0, 0.05) is 36.8 Å². The van der Waals surface area contributed by atoms with Gasteiger partial charge in [0.15, 0.2) is 0 Å². The first-order valence-corrected chi connectivity index (χ1v) is 19.3. The highest BCUT2D eigenvalue weighted by atomic mass is 16.5. The average molecular weight is 722 g/mol. The predicted octanol–water partition coefficient (Wildman–Crippen LogP) is 10.5. The number of piperidine rings is 1. The minimum atomic E-state index is -0.447. The monoisotopic (exact) mass is 722 g/mol. The number of aromatic hydroxyl groups is 2. The molecule has 1 aliphatic heterocycles. The number of esters is 2. The Morgan fingerprint density at radius 3 is 1.46 bits per heavy atom. The number of hydrogen-bond acceptors (Lipinski definition) is 7. The quantitative estimate of drug-likeness (QED) is 0.249. The third-order valence-corrected chi connectivity index (χ3v) is 10.6. The summed E-state index contributed by atoms with van der Waals surface area (Å²) in [5, 5.41) is 22.7. The number of aryl methyl sites for hydroxylation is 1. The van der Waals surface area contributed by atoms with Crippen molar-refractivity contribution in [1.29, 1.82) is 0 Å². The summed E-state index contributed by atoms with van der Waals surface area (Å²) in [6.07, 6.45) is 1.98. The Morgan fingerprint density at radius 1 is 0.712 bits per heavy atom. The van der Waals surface area contributed by atoms with E-state index in [1.165, 1.54) is 0 Å². The molecule has 2 N–H and O–H groups in total. The molecule has 1 saturated heterocycles. The largest absolute Gasteiger partial charge is 0.507 e. The van der Waals surface area contributed by atoms with E-state index in [0.717, 1.165) is 33.4 Å². The van der Waals surface area contributed by atoms with Crippen LogP contribution in [-0.2, 0) is 47.1 Å². The number of phenolic OH excluding ortho intramolecular Hbond substituents is 2. The second kappa shape index (κ2) is 15.0. The van der Waals surface area contributed by atoms with Crippen LogP contribution in [0.2, 0.25) is 0 Å². The number of rotatable bonds is 9. The van der Waals surface area contributed by atoms with Gasteiger partial charge < -0.3 is 19.7 Å². The zero-order chi connectivity index (χ0) is 40.0. The molecule has 52 heavy (non-hydrogen) atoms. The molecule has 0 aliphatic carbocycles. The minimum absolute atomic E-state index is 0.168. The van der Waals surface area contributed by atoms with E-state index in [4.69, 9.17) is 9.47 Å². The van der Waals surface area contributed by atoms with Gasteiger partial charge >= 0.3 is 11.9 Å². The van der Waals surface area contributed by atoms with Gasteiger partial charge in [0.1, 0.15) is 24.2 Å². The molecule has 1 fully saturated rings. The zero-order valence-corrected chi connectivity index (χ0v) is 35.7. The molecule has 7 heteroatoms. The molecule has 3 rings (SSSR count). The zero-order valence-electron chi connectivity index (χ0n) is 35.7. The fourth-order valence-electron chi connectivity index (χ4n) is 8.19. The van der Waals surface area contributed by atoms with E-state index in [-0.39, 0.29) is 65.2 Å². The summed E-state index contributed by atoms with van der Waals surface area (Å²) in [5.41, 5.74) is 3.47. The topological polar surface area (TPSA) is 96.3 Å². The number of hydrogen-bond donors (Lipinski definition) is 2. The van der Waals surface area contributed by atoms with Gasteiger partial charge in [-0.05, 0) is 101 Å². The second-order valence-electron chi connectivity index (χ2n) is 20.6. The van der Waals surface area contributed by atoms with Crippen LogP contribution in [0.1, 0.15) is 183 Å². The molecule has 1 aliphatic rings. The van der Waals surface area contributed by atoms with Crippen LogP contribution in [0.25, 0.3) is 0 Å². The Morgan fingerprint density at radius 2 is 1.10 bits per heavy atom. The first kappa shape index (κ1) is 43.3. The lowest BCUT2D eigenvalue weighted by Crippen LogP contribution is -2.63. The molecule has 0 bridgehead atoms. The number of ether oxygens (including phenoxy) is 2. The van der Waals surface area contributed by atoms with E-state index in [0.29, 0.717) is 30.8 Å². The molecule has 7 nitrogen and oxygen atoms in total. The number of benzene rings is 2. The molecular formula is C45H71NO6. The first-order chi connectivity index (χ1) is 23.4. The Balaban J connectivity index is 1.96. The third kappa shape index (κ3) is 10.1. The fourth-order valence-corrected chi connectivity index (χ4v) is 8.19. The van der Waals surface area contributed by atoms with E-state index in [9.17, 15) is 19.8 Å². The number of carbonyl (C=O) groups is 2. The normalized spacial score (nSPS) is 17.9. The molecule has 0 amide bonds. The van der Waals surface area contributed by atoms with Crippen LogP contribution in [0.3, 0.4) is 0 Å². The van der Waals surface area contributed by atoms with Crippen molar-refractivity contribution in [1.82, 2.24) is 4.90 Å². The number of nitrogens with zero attached hydrogens (tertiary/aromatic N) is 1. The van der Waals surface area contributed by atoms with Crippen molar-refractivity contribution in [3.63, 3.8) is 0 Å². The van der Waals surface area contributed by atoms with Crippen molar-refractivity contribution in [3.05, 3.63) is 57.6 Å². The third-order valence-electron chi connectivity index (χ3n) is 10.6. The van der Waals surface area contributed by atoms with Gasteiger partial charge in [-0.3, -0.25) is 14.5 Å². The SMILES string of the molecule is CCC(=O)OCC(c1cc(C(C)(C)C)c(O)c(C(C)(C)C)c1)N1C(C)(C)CC(OC(=O)CCc2cc(C(C)(C)C)c(O)c(C(C)(C)C)c2)CC1(C)C. The van der Waals surface area contributed by atoms with Gasteiger partial charge in [-0.15, -0.1) is 0 Å². The van der Waals surface area contributed by atoms with Crippen molar-refractivity contribution in [2.24, 2.45) is 0 Å². The Bertz CT molecular complexity index is 1520. The Hall–Kier alpha value is -3.06. The average Bonchev–Trinajstić information content (AvgIpc) is 2.94. The summed E-state index contributed by atoms with van der Waals surface area (Å²) in [4.78, 5) is 28.6. The minimum Gasteiger partial charge on any atom is -0.507 e. The van der Waals surface area contributed by atoms with Gasteiger partial charge in [-0.1, -0.05) is 102 Å². The first-order valence-electron chi connectivity index (χ1n) is 19.3. The summed E-state index contributed by atoms with van der Waals surface area (Å²) in [6, 6.07) is 7.95. The second-order valence-corrected chi connectivity index (χ2v) is 20.6. The van der Waals surface area contributed by atoms with Gasteiger partial charge in [0.2, 0.25) is 0 Å². The van der Waals surface area contributed by atoms with E-state index in [2.05, 4.69) is 128 Å². The number of phenols is 2. The molecule has 0 spiro atoms. The van der Waals surface area contributed by atoms with Crippen LogP contribution in [0.5, 0.6) is 11.5 Å². The standard InChI is InChI=1S/C45H71NO6/c1-18-36(47)51-27-35(29-23-33(42(8,9)10)39(50)34(24-29)43(11,12)13)46-44(14,15)25-30(26-45(46,16)17)52-37(48)20-19-28-21-31(40(2,3)4)38(49)32(22-28)41(5,6)7/h21-24,30,35,49-50H,18-20,25-27H2,1-17H3. The van der Waals surface area contributed by atoms with E-state index in [1.54, 1.807) is 6.92 Å². The maximum atomic E-state index is 13.5. The van der Waals surface area contributed by atoms with Crippen molar-refractivity contribution in [3.8, 4) is 11.5 Å². The molecule has 1 heterocycles. The van der Waals surface area contributed by atoms with Crippen molar-refractivity contribution in [2.45, 2.75) is 195 Å².